The molecule has 1 aromatic heterocycles. The fourth-order valence-electron chi connectivity index (χ4n) is 2.33. The van der Waals surface area contributed by atoms with Crippen LogP contribution in [0.3, 0.4) is 0 Å². The number of tetrazole rings is 1. The number of urea groups is 1. The van der Waals surface area contributed by atoms with E-state index in [9.17, 15) is 22.0 Å². The highest BCUT2D eigenvalue weighted by molar-refractivity contribution is 7.91. The molecule has 3 rings (SSSR count). The van der Waals surface area contributed by atoms with Crippen molar-refractivity contribution in [1.82, 2.24) is 25.6 Å². The van der Waals surface area contributed by atoms with E-state index in [1.807, 2.05) is 0 Å². The standard InChI is InChI=1S/C16H15F2N7O3S/c1-25-14(21-23-24-25)10-3-2-4-12(9-10)19-16(26)22-20-11-5-7-13(8-6-11)29(27,28)15(17)18/h2-9,15,20H,1H3,(H2,19,22,26). The molecule has 0 fully saturated rings. The van der Waals surface area contributed by atoms with E-state index in [-0.39, 0.29) is 0 Å². The molecule has 0 saturated carbocycles. The highest BCUT2D eigenvalue weighted by Gasteiger charge is 2.26. The summed E-state index contributed by atoms with van der Waals surface area (Å²) in [7, 11) is -2.98. The van der Waals surface area contributed by atoms with Crippen molar-refractivity contribution >= 4 is 27.2 Å². The van der Waals surface area contributed by atoms with Gasteiger partial charge in [0.25, 0.3) is 0 Å². The summed E-state index contributed by atoms with van der Waals surface area (Å²) in [4.78, 5) is 11.5. The van der Waals surface area contributed by atoms with Gasteiger partial charge < -0.3 is 5.32 Å². The minimum atomic E-state index is -4.67. The lowest BCUT2D eigenvalue weighted by Gasteiger charge is -2.11. The molecule has 10 nitrogen and oxygen atoms in total. The lowest BCUT2D eigenvalue weighted by molar-refractivity contribution is 0.234. The SMILES string of the molecule is Cn1nnnc1-c1cccc(NC(=O)NNc2ccc(S(=O)(=O)C(F)F)cc2)c1. The normalized spacial score (nSPS) is 11.3. The first-order valence-corrected chi connectivity index (χ1v) is 9.60. The Kier molecular flexibility index (Phi) is 5.68. The molecule has 152 valence electrons. The monoisotopic (exact) mass is 423 g/mol. The molecule has 0 radical (unpaired) electrons. The van der Waals surface area contributed by atoms with Gasteiger partial charge >= 0.3 is 11.8 Å². The lowest BCUT2D eigenvalue weighted by Crippen LogP contribution is -2.33. The van der Waals surface area contributed by atoms with Crippen molar-refractivity contribution in [2.24, 2.45) is 7.05 Å². The van der Waals surface area contributed by atoms with Gasteiger partial charge in [-0.1, -0.05) is 12.1 Å². The second-order valence-electron chi connectivity index (χ2n) is 5.74. The van der Waals surface area contributed by atoms with E-state index in [1.54, 1.807) is 31.3 Å². The fourth-order valence-corrected chi connectivity index (χ4v) is 3.05. The number of benzene rings is 2. The van der Waals surface area contributed by atoms with Crippen LogP contribution in [0.2, 0.25) is 0 Å². The maximum Gasteiger partial charge on any atom is 0.341 e. The molecule has 0 bridgehead atoms. The highest BCUT2D eigenvalue weighted by atomic mass is 32.2. The third-order valence-corrected chi connectivity index (χ3v) is 5.13. The molecular formula is C16H15F2N7O3S. The van der Waals surface area contributed by atoms with Crippen molar-refractivity contribution in [2.75, 3.05) is 10.7 Å². The Hall–Kier alpha value is -3.61. The van der Waals surface area contributed by atoms with Gasteiger partial charge in [-0.05, 0) is 46.8 Å². The van der Waals surface area contributed by atoms with Crippen LogP contribution in [0.1, 0.15) is 0 Å². The Balaban J connectivity index is 1.60. The summed E-state index contributed by atoms with van der Waals surface area (Å²) < 4.78 is 49.3. The third-order valence-electron chi connectivity index (χ3n) is 3.74. The third kappa shape index (κ3) is 4.63. The van der Waals surface area contributed by atoms with Gasteiger partial charge in [0.2, 0.25) is 9.84 Å². The average molecular weight is 423 g/mol. The van der Waals surface area contributed by atoms with Crippen LogP contribution in [0, 0.1) is 0 Å². The van der Waals surface area contributed by atoms with E-state index >= 15 is 0 Å². The summed E-state index contributed by atoms with van der Waals surface area (Å²) in [5.41, 5.74) is 6.36. The van der Waals surface area contributed by atoms with Crippen LogP contribution < -0.4 is 16.2 Å². The predicted octanol–water partition coefficient (Wildman–Crippen LogP) is 2.02. The van der Waals surface area contributed by atoms with Crippen molar-refractivity contribution in [3.8, 4) is 11.4 Å². The zero-order valence-corrected chi connectivity index (χ0v) is 15.7. The molecule has 0 atom stereocenters. The molecule has 2 amide bonds. The number of sulfone groups is 1. The van der Waals surface area contributed by atoms with Gasteiger partial charge in [-0.2, -0.15) is 8.78 Å². The van der Waals surface area contributed by atoms with Gasteiger partial charge in [0.15, 0.2) is 5.82 Å². The number of nitrogens with one attached hydrogen (secondary N) is 3. The van der Waals surface area contributed by atoms with E-state index in [4.69, 9.17) is 0 Å². The number of rotatable bonds is 6. The van der Waals surface area contributed by atoms with Crippen LogP contribution in [0.15, 0.2) is 53.4 Å². The fraction of sp³-hybridized carbons (Fsp3) is 0.125. The summed E-state index contributed by atoms with van der Waals surface area (Å²) in [5, 5.41) is 13.8. The topological polar surface area (TPSA) is 131 Å². The Morgan fingerprint density at radius 3 is 2.45 bits per heavy atom. The van der Waals surface area contributed by atoms with Crippen LogP contribution in [0.4, 0.5) is 25.0 Å². The first-order valence-electron chi connectivity index (χ1n) is 8.05. The number of hydrogen-bond donors (Lipinski definition) is 3. The summed E-state index contributed by atoms with van der Waals surface area (Å²) >= 11 is 0. The van der Waals surface area contributed by atoms with Gasteiger partial charge in [-0.25, -0.2) is 17.9 Å². The zero-order valence-electron chi connectivity index (χ0n) is 14.9. The number of aromatic nitrogens is 4. The number of halogens is 2. The minimum absolute atomic E-state index is 0.298. The Labute approximate surface area is 163 Å². The van der Waals surface area contributed by atoms with Crippen molar-refractivity contribution in [3.63, 3.8) is 0 Å². The predicted molar refractivity (Wildman–Crippen MR) is 99.6 cm³/mol. The number of anilines is 2. The number of aryl methyl sites for hydroxylation is 1. The van der Waals surface area contributed by atoms with E-state index in [1.165, 1.54) is 16.8 Å². The Morgan fingerprint density at radius 1 is 1.10 bits per heavy atom. The van der Waals surface area contributed by atoms with Crippen molar-refractivity contribution in [1.29, 1.82) is 0 Å². The number of hydrazine groups is 1. The molecule has 13 heteroatoms. The van der Waals surface area contributed by atoms with Crippen LogP contribution >= 0.6 is 0 Å². The highest BCUT2D eigenvalue weighted by Crippen LogP contribution is 2.21. The van der Waals surface area contributed by atoms with Crippen LogP contribution in [-0.4, -0.2) is 40.4 Å². The summed E-state index contributed by atoms with van der Waals surface area (Å²) in [6, 6.07) is 10.8. The molecule has 0 spiro atoms. The molecule has 3 aromatic rings. The molecule has 3 N–H and O–H groups in total. The number of nitrogens with zero attached hydrogens (tertiary/aromatic N) is 4. The molecule has 1 heterocycles. The molecule has 0 saturated heterocycles. The van der Waals surface area contributed by atoms with Gasteiger partial charge in [0.05, 0.1) is 10.6 Å². The van der Waals surface area contributed by atoms with Gasteiger partial charge in [0, 0.05) is 18.3 Å². The van der Waals surface area contributed by atoms with Crippen molar-refractivity contribution in [2.45, 2.75) is 10.7 Å². The molecule has 0 aliphatic rings. The number of amides is 2. The zero-order chi connectivity index (χ0) is 21.0. The first-order chi connectivity index (χ1) is 13.8. The molecule has 0 aliphatic heterocycles. The van der Waals surface area contributed by atoms with Crippen molar-refractivity contribution < 1.29 is 22.0 Å². The largest absolute Gasteiger partial charge is 0.341 e. The van der Waals surface area contributed by atoms with Crippen LogP contribution in [-0.2, 0) is 16.9 Å². The van der Waals surface area contributed by atoms with Gasteiger partial charge in [-0.15, -0.1) is 5.10 Å². The quantitative estimate of drug-likeness (QED) is 0.517. The van der Waals surface area contributed by atoms with E-state index in [2.05, 4.69) is 31.7 Å². The summed E-state index contributed by atoms with van der Waals surface area (Å²) in [6.07, 6.45) is 0. The number of carbonyl (C=O) groups excluding carboxylic acids is 1. The Bertz CT molecular complexity index is 1120. The maximum atomic E-state index is 12.5. The van der Waals surface area contributed by atoms with E-state index < -0.39 is 26.5 Å². The first kappa shape index (κ1) is 20.1. The number of alkyl halides is 2. The number of carbonyl (C=O) groups is 1. The summed E-state index contributed by atoms with van der Waals surface area (Å²) in [6.45, 7) is 0. The molecule has 0 aliphatic carbocycles. The van der Waals surface area contributed by atoms with Crippen LogP contribution in [0.5, 0.6) is 0 Å². The number of hydrogen-bond acceptors (Lipinski definition) is 7. The average Bonchev–Trinajstić information content (AvgIpc) is 3.13. The van der Waals surface area contributed by atoms with Crippen molar-refractivity contribution in [3.05, 3.63) is 48.5 Å². The van der Waals surface area contributed by atoms with E-state index in [0.717, 1.165) is 12.1 Å². The second kappa shape index (κ2) is 8.18. The van der Waals surface area contributed by atoms with E-state index in [0.29, 0.717) is 22.8 Å². The molecule has 0 unspecified atom stereocenters. The van der Waals surface area contributed by atoms with Gasteiger partial charge in [-0.3, -0.25) is 10.9 Å². The lowest BCUT2D eigenvalue weighted by atomic mass is 10.2. The van der Waals surface area contributed by atoms with Gasteiger partial charge in [0.1, 0.15) is 0 Å². The second-order valence-corrected chi connectivity index (χ2v) is 7.66. The minimum Gasteiger partial charge on any atom is -0.307 e. The molecule has 2 aromatic carbocycles. The molecule has 29 heavy (non-hydrogen) atoms. The Morgan fingerprint density at radius 2 is 1.83 bits per heavy atom. The summed E-state index contributed by atoms with van der Waals surface area (Å²) in [5.74, 6) is -2.98. The maximum absolute atomic E-state index is 12.5. The van der Waals surface area contributed by atoms with Crippen LogP contribution in [0.25, 0.3) is 11.4 Å². The molecular weight excluding hydrogens is 408 g/mol. The smallest absolute Gasteiger partial charge is 0.307 e.